The van der Waals surface area contributed by atoms with Crippen LogP contribution in [0.15, 0.2) is 203 Å². The number of para-hydroxylation sites is 3. The Morgan fingerprint density at radius 1 is 0.304 bits per heavy atom. The zero-order chi connectivity index (χ0) is 37.0. The number of aromatic nitrogens is 2. The lowest BCUT2D eigenvalue weighted by Gasteiger charge is -2.11. The van der Waals surface area contributed by atoms with Gasteiger partial charge in [0.25, 0.3) is 0 Å². The summed E-state index contributed by atoms with van der Waals surface area (Å²) in [5.41, 5.74) is 14.7. The molecule has 0 amide bonds. The van der Waals surface area contributed by atoms with Gasteiger partial charge in [0.15, 0.2) is 5.82 Å². The minimum atomic E-state index is 0.670. The highest BCUT2D eigenvalue weighted by Gasteiger charge is 2.20. The van der Waals surface area contributed by atoms with Crippen LogP contribution in [-0.4, -0.2) is 9.97 Å². The maximum Gasteiger partial charge on any atom is 0.160 e. The van der Waals surface area contributed by atoms with Crippen molar-refractivity contribution in [2.24, 2.45) is 0 Å². The van der Waals surface area contributed by atoms with E-state index in [4.69, 9.17) is 18.8 Å². The summed E-state index contributed by atoms with van der Waals surface area (Å²) in [6, 6.07) is 67.2. The van der Waals surface area contributed by atoms with E-state index < -0.39 is 0 Å². The van der Waals surface area contributed by atoms with E-state index in [1.807, 2.05) is 48.5 Å². The lowest BCUT2D eigenvalue weighted by molar-refractivity contribution is 0.669. The third-order valence-corrected chi connectivity index (χ3v) is 10.8. The summed E-state index contributed by atoms with van der Waals surface area (Å²) in [6.07, 6.45) is 0. The van der Waals surface area contributed by atoms with Crippen LogP contribution in [0.3, 0.4) is 0 Å². The fourth-order valence-corrected chi connectivity index (χ4v) is 7.98. The minimum Gasteiger partial charge on any atom is -0.455 e. The number of nitrogens with zero attached hydrogens (tertiary/aromatic N) is 2. The average molecular weight is 717 g/mol. The standard InChI is InChI=1S/C52H32N2O2/c1-3-12-33(13-4-1)34-22-26-37(27-23-34)46-32-45(36-14-5-2-6-15-36)53-52(54-46)38-28-24-35(25-29-38)39-30-31-41(49-44-17-8-10-21-48(44)56-51(39)49)43-19-11-18-42-40-16-7-9-20-47(40)55-50(42)43/h1-32H. The Kier molecular flexibility index (Phi) is 7.46. The average Bonchev–Trinajstić information content (AvgIpc) is 3.86. The van der Waals surface area contributed by atoms with E-state index in [1.54, 1.807) is 0 Å². The van der Waals surface area contributed by atoms with Gasteiger partial charge in [0.1, 0.15) is 22.3 Å². The number of fused-ring (bicyclic) bond motifs is 6. The quantitative estimate of drug-likeness (QED) is 0.172. The van der Waals surface area contributed by atoms with Crippen molar-refractivity contribution in [3.05, 3.63) is 194 Å². The Labute approximate surface area is 323 Å². The van der Waals surface area contributed by atoms with Crippen molar-refractivity contribution in [1.29, 1.82) is 0 Å². The van der Waals surface area contributed by atoms with Gasteiger partial charge in [-0.05, 0) is 46.5 Å². The van der Waals surface area contributed by atoms with Crippen molar-refractivity contribution < 1.29 is 8.83 Å². The zero-order valence-corrected chi connectivity index (χ0v) is 30.2. The number of hydrogen-bond donors (Lipinski definition) is 0. The lowest BCUT2D eigenvalue weighted by atomic mass is 9.93. The van der Waals surface area contributed by atoms with E-state index in [-0.39, 0.29) is 0 Å². The first-order valence-electron chi connectivity index (χ1n) is 18.8. The molecule has 0 aliphatic carbocycles. The molecule has 0 spiro atoms. The van der Waals surface area contributed by atoms with Crippen molar-refractivity contribution in [1.82, 2.24) is 9.97 Å². The number of rotatable bonds is 6. The van der Waals surface area contributed by atoms with Gasteiger partial charge in [-0.2, -0.15) is 0 Å². The van der Waals surface area contributed by atoms with Crippen LogP contribution < -0.4 is 0 Å². The summed E-state index contributed by atoms with van der Waals surface area (Å²) in [4.78, 5) is 10.2. The number of hydrogen-bond acceptors (Lipinski definition) is 4. The summed E-state index contributed by atoms with van der Waals surface area (Å²) < 4.78 is 13.2. The third-order valence-electron chi connectivity index (χ3n) is 10.8. The van der Waals surface area contributed by atoms with Crippen LogP contribution in [0, 0.1) is 0 Å². The third kappa shape index (κ3) is 5.39. The summed E-state index contributed by atoms with van der Waals surface area (Å²) in [6.45, 7) is 0. The summed E-state index contributed by atoms with van der Waals surface area (Å²) in [7, 11) is 0. The van der Waals surface area contributed by atoms with Crippen molar-refractivity contribution >= 4 is 43.9 Å². The van der Waals surface area contributed by atoms with Gasteiger partial charge in [-0.1, -0.05) is 170 Å². The lowest BCUT2D eigenvalue weighted by Crippen LogP contribution is -1.96. The molecule has 262 valence electrons. The molecule has 11 aromatic rings. The molecule has 0 saturated heterocycles. The normalized spacial score (nSPS) is 11.6. The molecule has 0 aliphatic heterocycles. The maximum atomic E-state index is 6.70. The topological polar surface area (TPSA) is 52.1 Å². The van der Waals surface area contributed by atoms with Gasteiger partial charge >= 0.3 is 0 Å². The summed E-state index contributed by atoms with van der Waals surface area (Å²) in [5, 5.41) is 4.35. The molecule has 56 heavy (non-hydrogen) atoms. The van der Waals surface area contributed by atoms with Crippen LogP contribution >= 0.6 is 0 Å². The van der Waals surface area contributed by atoms with Crippen molar-refractivity contribution in [2.75, 3.05) is 0 Å². The van der Waals surface area contributed by atoms with E-state index in [2.05, 4.69) is 146 Å². The van der Waals surface area contributed by atoms with Crippen molar-refractivity contribution in [3.8, 4) is 67.3 Å². The van der Waals surface area contributed by atoms with Crippen molar-refractivity contribution in [2.45, 2.75) is 0 Å². The second kappa shape index (κ2) is 13.1. The first-order valence-corrected chi connectivity index (χ1v) is 18.8. The first kappa shape index (κ1) is 31.9. The molecule has 0 unspecified atom stereocenters. The fourth-order valence-electron chi connectivity index (χ4n) is 7.98. The smallest absolute Gasteiger partial charge is 0.160 e. The molecule has 4 heteroatoms. The molecule has 0 atom stereocenters. The second-order valence-electron chi connectivity index (χ2n) is 14.1. The molecule has 0 aliphatic rings. The van der Waals surface area contributed by atoms with E-state index in [0.717, 1.165) is 94.2 Å². The molecule has 0 radical (unpaired) electrons. The summed E-state index contributed by atoms with van der Waals surface area (Å²) in [5.74, 6) is 0.670. The molecule has 8 aromatic carbocycles. The van der Waals surface area contributed by atoms with E-state index in [0.29, 0.717) is 5.82 Å². The summed E-state index contributed by atoms with van der Waals surface area (Å²) >= 11 is 0. The predicted molar refractivity (Wildman–Crippen MR) is 229 cm³/mol. The van der Waals surface area contributed by atoms with E-state index >= 15 is 0 Å². The van der Waals surface area contributed by atoms with Gasteiger partial charge < -0.3 is 8.83 Å². The Balaban J connectivity index is 1.02. The molecule has 11 rings (SSSR count). The highest BCUT2D eigenvalue weighted by molar-refractivity contribution is 6.19. The Hall–Kier alpha value is -7.56. The van der Waals surface area contributed by atoms with Crippen LogP contribution in [-0.2, 0) is 0 Å². The Bertz CT molecular complexity index is 3220. The number of benzene rings is 8. The first-order chi connectivity index (χ1) is 27.7. The van der Waals surface area contributed by atoms with Gasteiger partial charge in [-0.3, -0.25) is 0 Å². The van der Waals surface area contributed by atoms with Gasteiger partial charge in [0.05, 0.1) is 11.4 Å². The largest absolute Gasteiger partial charge is 0.455 e. The van der Waals surface area contributed by atoms with Gasteiger partial charge in [0.2, 0.25) is 0 Å². The van der Waals surface area contributed by atoms with Crippen LogP contribution in [0.5, 0.6) is 0 Å². The van der Waals surface area contributed by atoms with E-state index in [9.17, 15) is 0 Å². The fraction of sp³-hybridized carbons (Fsp3) is 0. The van der Waals surface area contributed by atoms with Gasteiger partial charge in [-0.15, -0.1) is 0 Å². The van der Waals surface area contributed by atoms with Crippen LogP contribution in [0.4, 0.5) is 0 Å². The Morgan fingerprint density at radius 2 is 0.804 bits per heavy atom. The molecule has 0 bridgehead atoms. The maximum absolute atomic E-state index is 6.70. The highest BCUT2D eigenvalue weighted by Crippen LogP contribution is 2.45. The minimum absolute atomic E-state index is 0.670. The van der Waals surface area contributed by atoms with Crippen LogP contribution in [0.25, 0.3) is 111 Å². The monoisotopic (exact) mass is 716 g/mol. The second-order valence-corrected chi connectivity index (χ2v) is 14.1. The SMILES string of the molecule is c1ccc(-c2ccc(-c3cc(-c4ccccc4)nc(-c4ccc(-c5ccc(-c6cccc7c6oc6ccccc67)c6c5oc5ccccc56)cc4)n3)cc2)cc1. The zero-order valence-electron chi connectivity index (χ0n) is 30.2. The van der Waals surface area contributed by atoms with Gasteiger partial charge in [-0.25, -0.2) is 9.97 Å². The molecule has 0 saturated carbocycles. The molecule has 4 nitrogen and oxygen atoms in total. The molecule has 3 heterocycles. The molecule has 3 aromatic heterocycles. The van der Waals surface area contributed by atoms with E-state index in [1.165, 1.54) is 11.1 Å². The Morgan fingerprint density at radius 3 is 1.54 bits per heavy atom. The van der Waals surface area contributed by atoms with Crippen molar-refractivity contribution in [3.63, 3.8) is 0 Å². The molecular formula is C52H32N2O2. The molecule has 0 N–H and O–H groups in total. The van der Waals surface area contributed by atoms with Gasteiger partial charge in [0, 0.05) is 49.4 Å². The van der Waals surface area contributed by atoms with Crippen LogP contribution in [0.1, 0.15) is 0 Å². The highest BCUT2D eigenvalue weighted by atomic mass is 16.3. The molecular weight excluding hydrogens is 685 g/mol. The molecule has 0 fully saturated rings. The van der Waals surface area contributed by atoms with Crippen LogP contribution in [0.2, 0.25) is 0 Å². The predicted octanol–water partition coefficient (Wildman–Crippen LogP) is 14.3. The number of furan rings is 2.